The Morgan fingerprint density at radius 1 is 1.61 bits per heavy atom. The molecule has 2 atom stereocenters. The summed E-state index contributed by atoms with van der Waals surface area (Å²) in [4.78, 5) is 15.7. The van der Waals surface area contributed by atoms with Gasteiger partial charge >= 0.3 is 5.82 Å². The lowest BCUT2D eigenvalue weighted by molar-refractivity contribution is -0.389. The molecule has 2 aromatic rings. The lowest BCUT2D eigenvalue weighted by atomic mass is 10.0. The number of imidazole rings is 1. The molecule has 0 aliphatic heterocycles. The molecule has 0 bridgehead atoms. The minimum Gasteiger partial charge on any atom is -0.360 e. The first kappa shape index (κ1) is 12.8. The number of hydrogen-bond acceptors (Lipinski definition) is 5. The quantitative estimate of drug-likeness (QED) is 0.668. The fourth-order valence-electron chi connectivity index (χ4n) is 1.76. The zero-order chi connectivity index (χ0) is 13.3. The minimum atomic E-state index is -0.390. The standard InChI is InChI=1S/C11H16N4O2S/c1-4-7(2)8(3)12-9-10(15(16)17)14-5-6-18-11(14)13-9/h5-8,12H,4H2,1-3H3. The molecule has 1 N–H and O–H groups in total. The summed E-state index contributed by atoms with van der Waals surface area (Å²) in [5.41, 5.74) is 0. The third kappa shape index (κ3) is 2.17. The van der Waals surface area contributed by atoms with E-state index in [1.54, 1.807) is 11.6 Å². The van der Waals surface area contributed by atoms with Crippen molar-refractivity contribution < 1.29 is 4.92 Å². The minimum absolute atomic E-state index is 0.0152. The molecule has 2 rings (SSSR count). The van der Waals surface area contributed by atoms with E-state index in [-0.39, 0.29) is 11.9 Å². The summed E-state index contributed by atoms with van der Waals surface area (Å²) < 4.78 is 1.51. The molecule has 2 aromatic heterocycles. The van der Waals surface area contributed by atoms with Crippen LogP contribution in [-0.2, 0) is 0 Å². The first-order valence-electron chi connectivity index (χ1n) is 5.91. The van der Waals surface area contributed by atoms with Crippen LogP contribution in [0.25, 0.3) is 4.96 Å². The van der Waals surface area contributed by atoms with E-state index in [0.29, 0.717) is 16.7 Å². The monoisotopic (exact) mass is 268 g/mol. The molecule has 0 amide bonds. The van der Waals surface area contributed by atoms with Gasteiger partial charge in [0, 0.05) is 11.4 Å². The Balaban J connectivity index is 2.35. The van der Waals surface area contributed by atoms with Crippen LogP contribution >= 0.6 is 11.3 Å². The molecule has 0 saturated heterocycles. The Morgan fingerprint density at radius 3 is 2.94 bits per heavy atom. The number of aromatic nitrogens is 2. The molecule has 0 spiro atoms. The maximum absolute atomic E-state index is 11.1. The summed E-state index contributed by atoms with van der Waals surface area (Å²) >= 11 is 1.39. The van der Waals surface area contributed by atoms with Crippen LogP contribution in [0.1, 0.15) is 27.2 Å². The molecule has 0 fully saturated rings. The van der Waals surface area contributed by atoms with Crippen molar-refractivity contribution >= 4 is 27.9 Å². The zero-order valence-electron chi connectivity index (χ0n) is 10.6. The van der Waals surface area contributed by atoms with Gasteiger partial charge in [0.25, 0.3) is 4.96 Å². The van der Waals surface area contributed by atoms with Crippen LogP contribution in [0.3, 0.4) is 0 Å². The van der Waals surface area contributed by atoms with Gasteiger partial charge in [0.2, 0.25) is 5.82 Å². The predicted octanol–water partition coefficient (Wildman–Crippen LogP) is 3.15. The van der Waals surface area contributed by atoms with Gasteiger partial charge in [0.15, 0.2) is 0 Å². The normalized spacial score (nSPS) is 14.6. The van der Waals surface area contributed by atoms with E-state index in [2.05, 4.69) is 24.1 Å². The van der Waals surface area contributed by atoms with Gasteiger partial charge in [0.05, 0.1) is 0 Å². The number of rotatable bonds is 5. The Hall–Kier alpha value is -1.63. The van der Waals surface area contributed by atoms with Gasteiger partial charge in [-0.3, -0.25) is 0 Å². The zero-order valence-corrected chi connectivity index (χ0v) is 11.4. The Labute approximate surface area is 109 Å². The molecule has 0 aliphatic carbocycles. The van der Waals surface area contributed by atoms with Crippen LogP contribution in [0.4, 0.5) is 11.6 Å². The van der Waals surface area contributed by atoms with Crippen LogP contribution in [0.15, 0.2) is 11.6 Å². The van der Waals surface area contributed by atoms with Crippen molar-refractivity contribution in [1.82, 2.24) is 9.38 Å². The van der Waals surface area contributed by atoms with E-state index >= 15 is 0 Å². The number of nitrogens with zero attached hydrogens (tertiary/aromatic N) is 3. The van der Waals surface area contributed by atoms with Gasteiger partial charge < -0.3 is 15.4 Å². The van der Waals surface area contributed by atoms with E-state index in [1.165, 1.54) is 15.7 Å². The second-order valence-electron chi connectivity index (χ2n) is 4.42. The van der Waals surface area contributed by atoms with E-state index in [1.807, 2.05) is 6.92 Å². The first-order chi connectivity index (χ1) is 8.54. The molecule has 0 aromatic carbocycles. The fraction of sp³-hybridized carbons (Fsp3) is 0.545. The molecule has 0 saturated carbocycles. The number of hydrogen-bond donors (Lipinski definition) is 1. The summed E-state index contributed by atoms with van der Waals surface area (Å²) in [6.07, 6.45) is 2.69. The molecule has 2 unspecified atom stereocenters. The van der Waals surface area contributed by atoms with Gasteiger partial charge in [-0.05, 0) is 17.8 Å². The lowest BCUT2D eigenvalue weighted by Gasteiger charge is -2.19. The molecule has 0 aliphatic rings. The van der Waals surface area contributed by atoms with Gasteiger partial charge in [0.1, 0.15) is 6.20 Å². The summed E-state index contributed by atoms with van der Waals surface area (Å²) in [6.45, 7) is 6.23. The number of thiazole rings is 1. The maximum atomic E-state index is 11.1. The van der Waals surface area contributed by atoms with Crippen molar-refractivity contribution in [2.24, 2.45) is 5.92 Å². The maximum Gasteiger partial charge on any atom is 0.372 e. The van der Waals surface area contributed by atoms with Crippen molar-refractivity contribution in [2.45, 2.75) is 33.2 Å². The van der Waals surface area contributed by atoms with Crippen LogP contribution in [0, 0.1) is 16.0 Å². The Kier molecular flexibility index (Phi) is 3.51. The summed E-state index contributed by atoms with van der Waals surface area (Å²) in [7, 11) is 0. The summed E-state index contributed by atoms with van der Waals surface area (Å²) in [5, 5.41) is 16.1. The number of nitro groups is 1. The van der Waals surface area contributed by atoms with E-state index in [9.17, 15) is 10.1 Å². The number of anilines is 1. The average molecular weight is 268 g/mol. The SMILES string of the molecule is CCC(C)C(C)Nc1nc2sccn2c1[N+](=O)[O-]. The van der Waals surface area contributed by atoms with Crippen molar-refractivity contribution in [1.29, 1.82) is 0 Å². The third-order valence-corrected chi connectivity index (χ3v) is 4.03. The first-order valence-corrected chi connectivity index (χ1v) is 6.79. The lowest BCUT2D eigenvalue weighted by Crippen LogP contribution is -2.23. The molecule has 0 radical (unpaired) electrons. The van der Waals surface area contributed by atoms with E-state index in [4.69, 9.17) is 0 Å². The van der Waals surface area contributed by atoms with Crippen molar-refractivity contribution in [3.63, 3.8) is 0 Å². The summed E-state index contributed by atoms with van der Waals surface area (Å²) in [5.74, 6) is 0.811. The summed E-state index contributed by atoms with van der Waals surface area (Å²) in [6, 6.07) is 0.151. The van der Waals surface area contributed by atoms with Crippen molar-refractivity contribution in [3.05, 3.63) is 21.7 Å². The second kappa shape index (κ2) is 4.93. The van der Waals surface area contributed by atoms with Crippen molar-refractivity contribution in [2.75, 3.05) is 5.32 Å². The molecule has 18 heavy (non-hydrogen) atoms. The molecule has 2 heterocycles. The Bertz CT molecular complexity index is 562. The van der Waals surface area contributed by atoms with Crippen molar-refractivity contribution in [3.8, 4) is 0 Å². The second-order valence-corrected chi connectivity index (χ2v) is 5.29. The molecular formula is C11H16N4O2S. The van der Waals surface area contributed by atoms with Gasteiger partial charge in [-0.2, -0.15) is 9.38 Å². The van der Waals surface area contributed by atoms with Crippen LogP contribution in [-0.4, -0.2) is 20.3 Å². The molecule has 6 nitrogen and oxygen atoms in total. The highest BCUT2D eigenvalue weighted by atomic mass is 32.1. The van der Waals surface area contributed by atoms with Gasteiger partial charge in [-0.1, -0.05) is 31.6 Å². The van der Waals surface area contributed by atoms with E-state index < -0.39 is 4.92 Å². The third-order valence-electron chi connectivity index (χ3n) is 3.27. The highest BCUT2D eigenvalue weighted by Gasteiger charge is 2.25. The highest BCUT2D eigenvalue weighted by Crippen LogP contribution is 2.29. The van der Waals surface area contributed by atoms with Gasteiger partial charge in [-0.15, -0.1) is 0 Å². The smallest absolute Gasteiger partial charge is 0.360 e. The Morgan fingerprint density at radius 2 is 2.33 bits per heavy atom. The molecule has 7 heteroatoms. The number of fused-ring (bicyclic) bond motifs is 1. The molecule has 98 valence electrons. The van der Waals surface area contributed by atoms with Crippen LogP contribution in [0.2, 0.25) is 0 Å². The fourth-order valence-corrected chi connectivity index (χ4v) is 2.47. The van der Waals surface area contributed by atoms with Crippen LogP contribution < -0.4 is 5.32 Å². The average Bonchev–Trinajstić information content (AvgIpc) is 2.86. The van der Waals surface area contributed by atoms with Crippen LogP contribution in [0.5, 0.6) is 0 Å². The topological polar surface area (TPSA) is 72.5 Å². The predicted molar refractivity (Wildman–Crippen MR) is 72.3 cm³/mol. The highest BCUT2D eigenvalue weighted by molar-refractivity contribution is 7.15. The molecular weight excluding hydrogens is 252 g/mol. The van der Waals surface area contributed by atoms with Gasteiger partial charge in [-0.25, -0.2) is 0 Å². The number of nitrogens with one attached hydrogen (secondary N) is 1. The van der Waals surface area contributed by atoms with E-state index in [0.717, 1.165) is 6.42 Å². The largest absolute Gasteiger partial charge is 0.372 e.